The van der Waals surface area contributed by atoms with Gasteiger partial charge < -0.3 is 19.5 Å². The van der Waals surface area contributed by atoms with Crippen molar-refractivity contribution < 1.29 is 14.2 Å². The molecule has 1 N–H and O–H groups in total. The van der Waals surface area contributed by atoms with Crippen LogP contribution >= 0.6 is 0 Å². The normalized spacial score (nSPS) is 16.5. The second kappa shape index (κ2) is 6.54. The molecule has 1 fully saturated rings. The Balaban J connectivity index is 1.51. The van der Waals surface area contributed by atoms with Crippen molar-refractivity contribution >= 4 is 0 Å². The van der Waals surface area contributed by atoms with Gasteiger partial charge in [0.1, 0.15) is 0 Å². The summed E-state index contributed by atoms with van der Waals surface area (Å²) in [6, 6.07) is 4.87. The fourth-order valence-corrected chi connectivity index (χ4v) is 2.78. The van der Waals surface area contributed by atoms with Gasteiger partial charge in [0.2, 0.25) is 12.5 Å². The maximum Gasteiger partial charge on any atom is 0.231 e. The van der Waals surface area contributed by atoms with Crippen molar-refractivity contribution in [1.29, 1.82) is 0 Å². The van der Waals surface area contributed by atoms with Gasteiger partial charge in [-0.1, -0.05) is 6.92 Å². The molecule has 1 aromatic rings. The van der Waals surface area contributed by atoms with E-state index in [9.17, 15) is 0 Å². The lowest BCUT2D eigenvalue weighted by molar-refractivity contribution is 0.171. The number of rotatable bonds is 8. The van der Waals surface area contributed by atoms with E-state index in [1.165, 1.54) is 12.8 Å². The third kappa shape index (κ3) is 3.41. The number of nitrogens with one attached hydrogen (secondary N) is 1. The standard InChI is InChI=1S/C16H24N2O3/c1-3-18(13-4-5-13)7-6-17-10-12-8-14(19-2)16-15(9-12)20-11-21-16/h8-9,13,17H,3-7,10-11H2,1-2H3. The number of likely N-dealkylation sites (N-methyl/N-ethyl adjacent to an activating group) is 1. The third-order valence-corrected chi connectivity index (χ3v) is 4.09. The number of hydrogen-bond donors (Lipinski definition) is 1. The molecule has 1 saturated carbocycles. The van der Waals surface area contributed by atoms with E-state index in [1.807, 2.05) is 12.1 Å². The van der Waals surface area contributed by atoms with Crippen molar-refractivity contribution in [1.82, 2.24) is 10.2 Å². The molecule has 0 amide bonds. The summed E-state index contributed by atoms with van der Waals surface area (Å²) in [7, 11) is 1.66. The first-order valence-electron chi connectivity index (χ1n) is 7.73. The monoisotopic (exact) mass is 292 g/mol. The van der Waals surface area contributed by atoms with Crippen LogP contribution in [0.2, 0.25) is 0 Å². The van der Waals surface area contributed by atoms with Gasteiger partial charge in [-0.3, -0.25) is 4.90 Å². The molecule has 3 rings (SSSR count). The molecule has 0 aromatic heterocycles. The Morgan fingerprint density at radius 1 is 1.33 bits per heavy atom. The first-order valence-corrected chi connectivity index (χ1v) is 7.73. The summed E-state index contributed by atoms with van der Waals surface area (Å²) in [5, 5.41) is 3.50. The predicted octanol–water partition coefficient (Wildman–Crippen LogP) is 2.00. The van der Waals surface area contributed by atoms with Crippen LogP contribution in [0.15, 0.2) is 12.1 Å². The van der Waals surface area contributed by atoms with Gasteiger partial charge in [-0.05, 0) is 37.1 Å². The largest absolute Gasteiger partial charge is 0.493 e. The van der Waals surface area contributed by atoms with E-state index in [-0.39, 0.29) is 6.79 Å². The van der Waals surface area contributed by atoms with E-state index >= 15 is 0 Å². The highest BCUT2D eigenvalue weighted by Gasteiger charge is 2.27. The van der Waals surface area contributed by atoms with Crippen LogP contribution in [0.1, 0.15) is 25.3 Å². The minimum Gasteiger partial charge on any atom is -0.493 e. The van der Waals surface area contributed by atoms with E-state index in [1.54, 1.807) is 7.11 Å². The van der Waals surface area contributed by atoms with Gasteiger partial charge in [0.25, 0.3) is 0 Å². The molecular weight excluding hydrogens is 268 g/mol. The fourth-order valence-electron chi connectivity index (χ4n) is 2.78. The average Bonchev–Trinajstić information content (AvgIpc) is 3.23. The number of nitrogens with zero attached hydrogens (tertiary/aromatic N) is 1. The molecule has 116 valence electrons. The van der Waals surface area contributed by atoms with Crippen molar-refractivity contribution in [3.8, 4) is 17.2 Å². The molecule has 5 nitrogen and oxygen atoms in total. The third-order valence-electron chi connectivity index (χ3n) is 4.09. The molecule has 0 unspecified atom stereocenters. The molecular formula is C16H24N2O3. The van der Waals surface area contributed by atoms with Gasteiger partial charge in [0.05, 0.1) is 7.11 Å². The smallest absolute Gasteiger partial charge is 0.231 e. The highest BCUT2D eigenvalue weighted by molar-refractivity contribution is 5.55. The summed E-state index contributed by atoms with van der Waals surface area (Å²) >= 11 is 0. The molecule has 21 heavy (non-hydrogen) atoms. The molecule has 0 spiro atoms. The van der Waals surface area contributed by atoms with Crippen molar-refractivity contribution in [2.75, 3.05) is 33.5 Å². The van der Waals surface area contributed by atoms with Gasteiger partial charge in [-0.15, -0.1) is 0 Å². The molecule has 0 atom stereocenters. The van der Waals surface area contributed by atoms with E-state index in [2.05, 4.69) is 17.1 Å². The lowest BCUT2D eigenvalue weighted by Crippen LogP contribution is -2.33. The SMILES string of the molecule is CCN(CCNCc1cc(OC)c2c(c1)OCO2)C1CC1. The molecule has 5 heteroatoms. The molecule has 2 aliphatic rings. The zero-order chi connectivity index (χ0) is 14.7. The van der Waals surface area contributed by atoms with E-state index in [4.69, 9.17) is 14.2 Å². The number of ether oxygens (including phenoxy) is 3. The molecule has 0 bridgehead atoms. The summed E-state index contributed by atoms with van der Waals surface area (Å²) in [6.45, 7) is 6.58. The second-order valence-electron chi connectivity index (χ2n) is 5.57. The Hall–Kier alpha value is -1.46. The second-order valence-corrected chi connectivity index (χ2v) is 5.57. The fraction of sp³-hybridized carbons (Fsp3) is 0.625. The highest BCUT2D eigenvalue weighted by Crippen LogP contribution is 2.41. The topological polar surface area (TPSA) is 43.0 Å². The van der Waals surface area contributed by atoms with Crippen LogP contribution in [0.5, 0.6) is 17.2 Å². The first kappa shape index (κ1) is 14.5. The van der Waals surface area contributed by atoms with Crippen LogP contribution in [0.4, 0.5) is 0 Å². The summed E-state index contributed by atoms with van der Waals surface area (Å²) in [5.74, 6) is 2.24. The number of benzene rings is 1. The van der Waals surface area contributed by atoms with E-state index in [0.29, 0.717) is 5.75 Å². The van der Waals surface area contributed by atoms with Gasteiger partial charge >= 0.3 is 0 Å². The van der Waals surface area contributed by atoms with Gasteiger partial charge in [-0.2, -0.15) is 0 Å². The molecule has 0 radical (unpaired) electrons. The van der Waals surface area contributed by atoms with Crippen LogP contribution in [0, 0.1) is 0 Å². The summed E-state index contributed by atoms with van der Waals surface area (Å²) in [4.78, 5) is 2.55. The minimum atomic E-state index is 0.273. The maximum absolute atomic E-state index is 5.45. The average molecular weight is 292 g/mol. The molecule has 1 aliphatic heterocycles. The molecule has 1 aromatic carbocycles. The van der Waals surface area contributed by atoms with Crippen LogP contribution < -0.4 is 19.5 Å². The van der Waals surface area contributed by atoms with Crippen LogP contribution in [0.3, 0.4) is 0 Å². The summed E-state index contributed by atoms with van der Waals surface area (Å²) in [5.41, 5.74) is 1.16. The Labute approximate surface area is 126 Å². The van der Waals surface area contributed by atoms with Crippen molar-refractivity contribution in [3.05, 3.63) is 17.7 Å². The Bertz CT molecular complexity index is 489. The summed E-state index contributed by atoms with van der Waals surface area (Å²) in [6.07, 6.45) is 2.74. The van der Waals surface area contributed by atoms with Crippen LogP contribution in [-0.2, 0) is 6.54 Å². The van der Waals surface area contributed by atoms with Crippen LogP contribution in [-0.4, -0.2) is 44.5 Å². The highest BCUT2D eigenvalue weighted by atomic mass is 16.7. The molecule has 1 heterocycles. The van der Waals surface area contributed by atoms with Gasteiger partial charge in [0.15, 0.2) is 11.5 Å². The van der Waals surface area contributed by atoms with E-state index in [0.717, 1.165) is 49.3 Å². The quantitative estimate of drug-likeness (QED) is 0.742. The van der Waals surface area contributed by atoms with Crippen molar-refractivity contribution in [2.45, 2.75) is 32.4 Å². The van der Waals surface area contributed by atoms with Gasteiger partial charge in [0, 0.05) is 25.7 Å². The Morgan fingerprint density at radius 3 is 2.90 bits per heavy atom. The van der Waals surface area contributed by atoms with E-state index < -0.39 is 0 Å². The number of hydrogen-bond acceptors (Lipinski definition) is 5. The molecule has 0 saturated heterocycles. The van der Waals surface area contributed by atoms with Crippen molar-refractivity contribution in [2.24, 2.45) is 0 Å². The predicted molar refractivity (Wildman–Crippen MR) is 81.1 cm³/mol. The van der Waals surface area contributed by atoms with Crippen molar-refractivity contribution in [3.63, 3.8) is 0 Å². The minimum absolute atomic E-state index is 0.273. The number of methoxy groups -OCH3 is 1. The zero-order valence-corrected chi connectivity index (χ0v) is 12.9. The van der Waals surface area contributed by atoms with Crippen LogP contribution in [0.25, 0.3) is 0 Å². The number of fused-ring (bicyclic) bond motifs is 1. The Kier molecular flexibility index (Phi) is 4.51. The molecule has 1 aliphatic carbocycles. The zero-order valence-electron chi connectivity index (χ0n) is 12.9. The maximum atomic E-state index is 5.45. The lowest BCUT2D eigenvalue weighted by atomic mass is 10.2. The Morgan fingerprint density at radius 2 is 2.19 bits per heavy atom. The lowest BCUT2D eigenvalue weighted by Gasteiger charge is -2.19. The first-order chi connectivity index (χ1) is 10.3. The summed E-state index contributed by atoms with van der Waals surface area (Å²) < 4.78 is 16.2. The van der Waals surface area contributed by atoms with Gasteiger partial charge in [-0.25, -0.2) is 0 Å².